The molecule has 0 aliphatic carbocycles. The van der Waals surface area contributed by atoms with Crippen molar-refractivity contribution in [2.24, 2.45) is 0 Å². The molecule has 0 saturated carbocycles. The summed E-state index contributed by atoms with van der Waals surface area (Å²) in [5, 5.41) is 9.08. The van der Waals surface area contributed by atoms with Crippen molar-refractivity contribution in [2.45, 2.75) is 78.1 Å². The van der Waals surface area contributed by atoms with Gasteiger partial charge in [0.05, 0.1) is 6.61 Å². The van der Waals surface area contributed by atoms with E-state index in [0.29, 0.717) is 6.61 Å². The molecule has 2 nitrogen and oxygen atoms in total. The van der Waals surface area contributed by atoms with Gasteiger partial charge in [0.15, 0.2) is 0 Å². The summed E-state index contributed by atoms with van der Waals surface area (Å²) < 4.78 is 5.31. The summed E-state index contributed by atoms with van der Waals surface area (Å²) in [6, 6.07) is 0. The third-order valence-corrected chi connectivity index (χ3v) is 3.71. The van der Waals surface area contributed by atoms with Gasteiger partial charge >= 0.3 is 0 Å². The topological polar surface area (TPSA) is 29.5 Å². The van der Waals surface area contributed by atoms with E-state index in [9.17, 15) is 0 Å². The number of rotatable bonds is 16. The Kier molecular flexibility index (Phi) is 18.7. The van der Waals surface area contributed by atoms with Crippen LogP contribution < -0.4 is 0 Å². The molecule has 0 atom stereocenters. The molecule has 1 N–H and O–H groups in total. The van der Waals surface area contributed by atoms with Crippen molar-refractivity contribution >= 4 is 0 Å². The fourth-order valence-corrected chi connectivity index (χ4v) is 2.38. The first-order chi connectivity index (χ1) is 11.8. The first kappa shape index (κ1) is 22.7. The minimum Gasteiger partial charge on any atom is -0.496 e. The van der Waals surface area contributed by atoms with E-state index in [1.165, 1.54) is 38.5 Å². The van der Waals surface area contributed by atoms with Gasteiger partial charge in [-0.25, -0.2) is 0 Å². The highest BCUT2D eigenvalue weighted by molar-refractivity contribution is 4.97. The summed E-state index contributed by atoms with van der Waals surface area (Å²) in [5.74, 6) is 0.720. The SMILES string of the molecule is CC/C=C\C/C=C\C/C=C\CCCCCCC/C=C(\CO)OCC. The standard InChI is InChI=1S/C22H38O2/c1-3-5-6-7-8-9-10-11-12-13-14-15-16-17-18-19-20-22(21-23)24-4-2/h5-6,8-9,11-12,20,23H,3-4,7,10,13-19,21H2,1-2H3/b6-5-,9-8-,12-11-,22-20+. The molecule has 138 valence electrons. The third kappa shape index (κ3) is 17.1. The summed E-state index contributed by atoms with van der Waals surface area (Å²) in [6.07, 6.45) is 27.3. The molecule has 0 aromatic rings. The summed E-state index contributed by atoms with van der Waals surface area (Å²) in [4.78, 5) is 0. The Morgan fingerprint density at radius 2 is 1.33 bits per heavy atom. The second-order valence-corrected chi connectivity index (χ2v) is 5.90. The number of aliphatic hydroxyl groups excluding tert-OH is 1. The van der Waals surface area contributed by atoms with Crippen molar-refractivity contribution in [3.63, 3.8) is 0 Å². The van der Waals surface area contributed by atoms with Gasteiger partial charge in [0.25, 0.3) is 0 Å². The van der Waals surface area contributed by atoms with Crippen LogP contribution in [0.2, 0.25) is 0 Å². The molecule has 0 aromatic carbocycles. The lowest BCUT2D eigenvalue weighted by atomic mass is 10.1. The van der Waals surface area contributed by atoms with Gasteiger partial charge in [-0.3, -0.25) is 0 Å². The summed E-state index contributed by atoms with van der Waals surface area (Å²) in [5.41, 5.74) is 0. The molecule has 0 aromatic heterocycles. The molecule has 0 amide bonds. The van der Waals surface area contributed by atoms with Crippen LogP contribution >= 0.6 is 0 Å². The fourth-order valence-electron chi connectivity index (χ4n) is 2.38. The Bertz CT molecular complexity index is 364. The van der Waals surface area contributed by atoms with Crippen molar-refractivity contribution in [1.82, 2.24) is 0 Å². The first-order valence-electron chi connectivity index (χ1n) is 9.72. The van der Waals surface area contributed by atoms with Gasteiger partial charge in [0.2, 0.25) is 0 Å². The van der Waals surface area contributed by atoms with Crippen molar-refractivity contribution in [3.05, 3.63) is 48.3 Å². The maximum absolute atomic E-state index is 9.08. The predicted octanol–water partition coefficient (Wildman–Crippen LogP) is 6.49. The van der Waals surface area contributed by atoms with Gasteiger partial charge in [0, 0.05) is 0 Å². The Labute approximate surface area is 150 Å². The fraction of sp³-hybridized carbons (Fsp3) is 0.636. The molecule has 0 aliphatic rings. The molecule has 0 aliphatic heterocycles. The zero-order valence-corrected chi connectivity index (χ0v) is 15.9. The van der Waals surface area contributed by atoms with Crippen LogP contribution in [0.1, 0.15) is 78.1 Å². The molecule has 0 saturated heterocycles. The van der Waals surface area contributed by atoms with Gasteiger partial charge in [-0.1, -0.05) is 62.6 Å². The molecule has 0 radical (unpaired) electrons. The Hall–Kier alpha value is -1.28. The number of hydrogen-bond donors (Lipinski definition) is 1. The molecule has 2 heteroatoms. The minimum absolute atomic E-state index is 0.0187. The number of unbranched alkanes of at least 4 members (excludes halogenated alkanes) is 6. The van der Waals surface area contributed by atoms with Crippen LogP contribution in [0.3, 0.4) is 0 Å². The monoisotopic (exact) mass is 334 g/mol. The van der Waals surface area contributed by atoms with E-state index in [-0.39, 0.29) is 6.61 Å². The predicted molar refractivity (Wildman–Crippen MR) is 106 cm³/mol. The van der Waals surface area contributed by atoms with Crippen LogP contribution in [-0.2, 0) is 4.74 Å². The lowest BCUT2D eigenvalue weighted by Gasteiger charge is -2.05. The Morgan fingerprint density at radius 1 is 0.750 bits per heavy atom. The van der Waals surface area contributed by atoms with E-state index in [1.54, 1.807) is 0 Å². The molecule has 0 heterocycles. The molecule has 24 heavy (non-hydrogen) atoms. The van der Waals surface area contributed by atoms with Gasteiger partial charge in [0.1, 0.15) is 12.4 Å². The van der Waals surface area contributed by atoms with E-state index < -0.39 is 0 Å². The second-order valence-electron chi connectivity index (χ2n) is 5.90. The number of ether oxygens (including phenoxy) is 1. The quantitative estimate of drug-likeness (QED) is 0.199. The average Bonchev–Trinajstić information content (AvgIpc) is 2.60. The molecule has 0 fully saturated rings. The number of aliphatic hydroxyl groups is 1. The van der Waals surface area contributed by atoms with E-state index >= 15 is 0 Å². The average molecular weight is 335 g/mol. The van der Waals surface area contributed by atoms with E-state index in [2.05, 4.69) is 43.4 Å². The van der Waals surface area contributed by atoms with E-state index in [1.807, 2.05) is 13.0 Å². The Balaban J connectivity index is 3.38. The molecule has 0 unspecified atom stereocenters. The van der Waals surface area contributed by atoms with Crippen LogP contribution in [0.4, 0.5) is 0 Å². The maximum Gasteiger partial charge on any atom is 0.117 e. The summed E-state index contributed by atoms with van der Waals surface area (Å²) in [6.45, 7) is 4.76. The second kappa shape index (κ2) is 19.8. The molecule has 0 spiro atoms. The highest BCUT2D eigenvalue weighted by Gasteiger charge is 1.94. The van der Waals surface area contributed by atoms with E-state index in [0.717, 1.165) is 31.4 Å². The van der Waals surface area contributed by atoms with Crippen LogP contribution in [0, 0.1) is 0 Å². The lowest BCUT2D eigenvalue weighted by molar-refractivity contribution is 0.170. The smallest absolute Gasteiger partial charge is 0.117 e. The maximum atomic E-state index is 9.08. The highest BCUT2D eigenvalue weighted by atomic mass is 16.5. The molecule has 0 rings (SSSR count). The van der Waals surface area contributed by atoms with Gasteiger partial charge < -0.3 is 9.84 Å². The van der Waals surface area contributed by atoms with Crippen LogP contribution in [0.15, 0.2) is 48.3 Å². The van der Waals surface area contributed by atoms with Crippen molar-refractivity contribution < 1.29 is 9.84 Å². The van der Waals surface area contributed by atoms with Gasteiger partial charge in [-0.05, 0) is 57.9 Å². The van der Waals surface area contributed by atoms with Crippen LogP contribution in [-0.4, -0.2) is 18.3 Å². The zero-order chi connectivity index (χ0) is 17.7. The van der Waals surface area contributed by atoms with E-state index in [4.69, 9.17) is 9.84 Å². The van der Waals surface area contributed by atoms with Crippen molar-refractivity contribution in [3.8, 4) is 0 Å². The molecular weight excluding hydrogens is 296 g/mol. The number of allylic oxidation sites excluding steroid dienone is 7. The van der Waals surface area contributed by atoms with Crippen LogP contribution in [0.25, 0.3) is 0 Å². The minimum atomic E-state index is 0.0187. The zero-order valence-electron chi connectivity index (χ0n) is 15.9. The summed E-state index contributed by atoms with van der Waals surface area (Å²) >= 11 is 0. The molecule has 0 bridgehead atoms. The van der Waals surface area contributed by atoms with Crippen LogP contribution in [0.5, 0.6) is 0 Å². The Morgan fingerprint density at radius 3 is 1.96 bits per heavy atom. The third-order valence-electron chi connectivity index (χ3n) is 3.71. The first-order valence-corrected chi connectivity index (χ1v) is 9.72. The lowest BCUT2D eigenvalue weighted by Crippen LogP contribution is -1.96. The largest absolute Gasteiger partial charge is 0.496 e. The van der Waals surface area contributed by atoms with Gasteiger partial charge in [-0.2, -0.15) is 0 Å². The normalized spacial score (nSPS) is 12.9. The van der Waals surface area contributed by atoms with Crippen molar-refractivity contribution in [2.75, 3.05) is 13.2 Å². The number of hydrogen-bond acceptors (Lipinski definition) is 2. The van der Waals surface area contributed by atoms with Crippen molar-refractivity contribution in [1.29, 1.82) is 0 Å². The van der Waals surface area contributed by atoms with Gasteiger partial charge in [-0.15, -0.1) is 0 Å². The molecular formula is C22H38O2. The summed E-state index contributed by atoms with van der Waals surface area (Å²) in [7, 11) is 0. The highest BCUT2D eigenvalue weighted by Crippen LogP contribution is 2.09.